The molecule has 1 nitrogen and oxygen atoms in total. The molecule has 1 N–H and O–H groups in total. The molecule has 0 amide bonds. The summed E-state index contributed by atoms with van der Waals surface area (Å²) in [7, 11) is 0. The highest BCUT2D eigenvalue weighted by Crippen LogP contribution is 2.47. The van der Waals surface area contributed by atoms with Crippen LogP contribution in [0.3, 0.4) is 0 Å². The molecule has 2 atom stereocenters. The van der Waals surface area contributed by atoms with Gasteiger partial charge in [0.2, 0.25) is 0 Å². The normalized spacial score (nSPS) is 44.8. The van der Waals surface area contributed by atoms with E-state index in [1.54, 1.807) is 0 Å². The van der Waals surface area contributed by atoms with Crippen LogP contribution in [0.2, 0.25) is 0 Å². The van der Waals surface area contributed by atoms with Crippen molar-refractivity contribution in [3.63, 3.8) is 0 Å². The lowest BCUT2D eigenvalue weighted by Gasteiger charge is -2.38. The first-order valence-electron chi connectivity index (χ1n) is 7.40. The second kappa shape index (κ2) is 5.08. The molecule has 0 aromatic carbocycles. The van der Waals surface area contributed by atoms with Crippen LogP contribution < -0.4 is 0 Å². The third-order valence-electron chi connectivity index (χ3n) is 5.39. The molecule has 2 saturated carbocycles. The molecule has 2 rings (SSSR count). The molecule has 1 heteroatoms. The summed E-state index contributed by atoms with van der Waals surface area (Å²) < 4.78 is 0. The molecule has 0 aromatic heterocycles. The third kappa shape index (κ3) is 2.45. The largest absolute Gasteiger partial charge is 0.390 e. The Bertz CT molecular complexity index is 217. The molecule has 2 aliphatic rings. The highest BCUT2D eigenvalue weighted by molar-refractivity contribution is 4.95. The van der Waals surface area contributed by atoms with Gasteiger partial charge >= 0.3 is 0 Å². The van der Waals surface area contributed by atoms with Crippen LogP contribution >= 0.6 is 0 Å². The van der Waals surface area contributed by atoms with Gasteiger partial charge in [-0.15, -0.1) is 0 Å². The maximum atomic E-state index is 10.8. The van der Waals surface area contributed by atoms with Crippen molar-refractivity contribution in [3.8, 4) is 0 Å². The predicted molar refractivity (Wildman–Crippen MR) is 68.3 cm³/mol. The Kier molecular flexibility index (Phi) is 3.94. The average molecular weight is 224 g/mol. The molecule has 16 heavy (non-hydrogen) atoms. The van der Waals surface area contributed by atoms with E-state index >= 15 is 0 Å². The zero-order valence-corrected chi connectivity index (χ0v) is 11.0. The highest BCUT2D eigenvalue weighted by atomic mass is 16.3. The zero-order chi connectivity index (χ0) is 11.6. The predicted octanol–water partition coefficient (Wildman–Crippen LogP) is 4.14. The van der Waals surface area contributed by atoms with E-state index < -0.39 is 0 Å². The molecule has 0 bridgehead atoms. The van der Waals surface area contributed by atoms with Crippen molar-refractivity contribution in [1.29, 1.82) is 0 Å². The minimum atomic E-state index is -0.278. The Balaban J connectivity index is 1.88. The summed E-state index contributed by atoms with van der Waals surface area (Å²) in [5.74, 6) is 2.36. The van der Waals surface area contributed by atoms with E-state index in [1.807, 2.05) is 0 Å². The van der Waals surface area contributed by atoms with Crippen LogP contribution in [0.1, 0.15) is 71.6 Å². The van der Waals surface area contributed by atoms with Crippen LogP contribution in [-0.2, 0) is 0 Å². The van der Waals surface area contributed by atoms with Crippen molar-refractivity contribution in [2.24, 2.45) is 17.8 Å². The molecule has 0 radical (unpaired) electrons. The molecule has 0 saturated heterocycles. The van der Waals surface area contributed by atoms with Gasteiger partial charge in [0.1, 0.15) is 0 Å². The number of hydrogen-bond acceptors (Lipinski definition) is 1. The number of aliphatic hydroxyl groups is 1. The smallest absolute Gasteiger partial charge is 0.0678 e. The first-order valence-corrected chi connectivity index (χ1v) is 7.40. The van der Waals surface area contributed by atoms with E-state index in [2.05, 4.69) is 13.8 Å². The summed E-state index contributed by atoms with van der Waals surface area (Å²) in [4.78, 5) is 0. The van der Waals surface area contributed by atoms with E-state index in [9.17, 15) is 5.11 Å². The maximum Gasteiger partial charge on any atom is 0.0678 e. The van der Waals surface area contributed by atoms with Crippen molar-refractivity contribution in [3.05, 3.63) is 0 Å². The van der Waals surface area contributed by atoms with E-state index in [-0.39, 0.29) is 5.60 Å². The molecule has 2 fully saturated rings. The van der Waals surface area contributed by atoms with Crippen LogP contribution in [-0.4, -0.2) is 10.7 Å². The van der Waals surface area contributed by atoms with E-state index in [1.165, 1.54) is 44.9 Å². The summed E-state index contributed by atoms with van der Waals surface area (Å²) >= 11 is 0. The van der Waals surface area contributed by atoms with E-state index in [0.29, 0.717) is 5.92 Å². The molecule has 0 aromatic rings. The van der Waals surface area contributed by atoms with Gasteiger partial charge in [0, 0.05) is 0 Å². The summed E-state index contributed by atoms with van der Waals surface area (Å²) in [6, 6.07) is 0. The lowest BCUT2D eigenvalue weighted by Crippen LogP contribution is -2.37. The topological polar surface area (TPSA) is 20.2 Å². The summed E-state index contributed by atoms with van der Waals surface area (Å²) in [6.07, 6.45) is 11.3. The second-order valence-electron chi connectivity index (χ2n) is 6.25. The van der Waals surface area contributed by atoms with E-state index in [0.717, 1.165) is 24.7 Å². The fraction of sp³-hybridized carbons (Fsp3) is 1.00. The zero-order valence-electron chi connectivity index (χ0n) is 11.0. The quantitative estimate of drug-likeness (QED) is 0.763. The maximum absolute atomic E-state index is 10.8. The van der Waals surface area contributed by atoms with Gasteiger partial charge in [0.15, 0.2) is 0 Å². The number of rotatable bonds is 3. The van der Waals surface area contributed by atoms with Crippen LogP contribution in [0.25, 0.3) is 0 Å². The summed E-state index contributed by atoms with van der Waals surface area (Å²) in [6.45, 7) is 4.58. The van der Waals surface area contributed by atoms with Gasteiger partial charge in [0.25, 0.3) is 0 Å². The Hall–Kier alpha value is -0.0400. The minimum absolute atomic E-state index is 0.278. The SMILES string of the molecule is CCC1CCC(C2(O)CCC(CC)C2)CC1. The molecule has 2 unspecified atom stereocenters. The van der Waals surface area contributed by atoms with Crippen molar-refractivity contribution in [2.45, 2.75) is 77.2 Å². The minimum Gasteiger partial charge on any atom is -0.390 e. The Morgan fingerprint density at radius 3 is 2.06 bits per heavy atom. The lowest BCUT2D eigenvalue weighted by molar-refractivity contribution is -0.0357. The molecule has 0 aliphatic heterocycles. The van der Waals surface area contributed by atoms with Gasteiger partial charge in [-0.25, -0.2) is 0 Å². The third-order valence-corrected chi connectivity index (χ3v) is 5.39. The molecular formula is C15H28O. The summed E-state index contributed by atoms with van der Waals surface area (Å²) in [5, 5.41) is 10.8. The first kappa shape index (κ1) is 12.4. The molecular weight excluding hydrogens is 196 g/mol. The Morgan fingerprint density at radius 2 is 1.56 bits per heavy atom. The van der Waals surface area contributed by atoms with Gasteiger partial charge < -0.3 is 5.11 Å². The monoisotopic (exact) mass is 224 g/mol. The molecule has 94 valence electrons. The highest BCUT2D eigenvalue weighted by Gasteiger charge is 2.43. The van der Waals surface area contributed by atoms with Gasteiger partial charge in [0.05, 0.1) is 5.60 Å². The van der Waals surface area contributed by atoms with Gasteiger partial charge in [-0.05, 0) is 49.9 Å². The fourth-order valence-electron chi connectivity index (χ4n) is 3.99. The van der Waals surface area contributed by atoms with E-state index in [4.69, 9.17) is 0 Å². The van der Waals surface area contributed by atoms with Crippen LogP contribution in [0.4, 0.5) is 0 Å². The second-order valence-corrected chi connectivity index (χ2v) is 6.25. The van der Waals surface area contributed by atoms with Crippen LogP contribution in [0.5, 0.6) is 0 Å². The standard InChI is InChI=1S/C15H28O/c1-3-12-5-7-14(8-6-12)15(16)10-9-13(4-2)11-15/h12-14,16H,3-11H2,1-2H3. The molecule has 2 aliphatic carbocycles. The first-order chi connectivity index (χ1) is 7.68. The van der Waals surface area contributed by atoms with Crippen molar-refractivity contribution >= 4 is 0 Å². The Morgan fingerprint density at radius 1 is 0.938 bits per heavy atom. The molecule has 0 spiro atoms. The van der Waals surface area contributed by atoms with Gasteiger partial charge in [-0.1, -0.05) is 39.5 Å². The van der Waals surface area contributed by atoms with Crippen LogP contribution in [0, 0.1) is 17.8 Å². The number of hydrogen-bond donors (Lipinski definition) is 1. The van der Waals surface area contributed by atoms with Crippen molar-refractivity contribution < 1.29 is 5.11 Å². The fourth-order valence-corrected chi connectivity index (χ4v) is 3.99. The average Bonchev–Trinajstić information content (AvgIpc) is 2.73. The van der Waals surface area contributed by atoms with Gasteiger partial charge in [-0.3, -0.25) is 0 Å². The lowest BCUT2D eigenvalue weighted by atomic mass is 9.72. The Labute approximate surface area is 101 Å². The van der Waals surface area contributed by atoms with Gasteiger partial charge in [-0.2, -0.15) is 0 Å². The summed E-state index contributed by atoms with van der Waals surface area (Å²) in [5.41, 5.74) is -0.278. The van der Waals surface area contributed by atoms with Crippen molar-refractivity contribution in [1.82, 2.24) is 0 Å². The van der Waals surface area contributed by atoms with Crippen LogP contribution in [0.15, 0.2) is 0 Å². The van der Waals surface area contributed by atoms with Crippen molar-refractivity contribution in [2.75, 3.05) is 0 Å². The molecule has 0 heterocycles.